The van der Waals surface area contributed by atoms with E-state index in [4.69, 9.17) is 0 Å². The molecule has 2 aromatic rings. The summed E-state index contributed by atoms with van der Waals surface area (Å²) in [7, 11) is 0. The van der Waals surface area contributed by atoms with Gasteiger partial charge in [0.2, 0.25) is 0 Å². The third kappa shape index (κ3) is 2.62. The van der Waals surface area contributed by atoms with Crippen molar-refractivity contribution in [2.45, 2.75) is 45.8 Å². The van der Waals surface area contributed by atoms with E-state index >= 15 is 0 Å². The largest absolute Gasteiger partial charge is 0.310 e. The van der Waals surface area contributed by atoms with E-state index in [0.29, 0.717) is 0 Å². The summed E-state index contributed by atoms with van der Waals surface area (Å²) in [5.41, 5.74) is 3.64. The first kappa shape index (κ1) is 11.9. The average Bonchev–Trinajstić information content (AvgIpc) is 3.01. The van der Waals surface area contributed by atoms with Gasteiger partial charge in [0, 0.05) is 34.9 Å². The lowest BCUT2D eigenvalue weighted by Crippen LogP contribution is -2.15. The molecular formula is C13H18N4S. The monoisotopic (exact) mass is 262 g/mol. The minimum Gasteiger partial charge on any atom is -0.310 e. The van der Waals surface area contributed by atoms with Crippen LogP contribution >= 0.6 is 11.3 Å². The van der Waals surface area contributed by atoms with E-state index < -0.39 is 0 Å². The van der Waals surface area contributed by atoms with E-state index in [1.54, 1.807) is 11.3 Å². The van der Waals surface area contributed by atoms with Gasteiger partial charge in [-0.2, -0.15) is 5.10 Å². The molecule has 0 aromatic carbocycles. The second-order valence-electron chi connectivity index (χ2n) is 4.95. The van der Waals surface area contributed by atoms with Crippen LogP contribution in [0.5, 0.6) is 0 Å². The molecule has 2 aromatic heterocycles. The number of rotatable bonds is 5. The molecule has 1 saturated carbocycles. The van der Waals surface area contributed by atoms with E-state index in [1.807, 2.05) is 17.8 Å². The number of nitrogens with zero attached hydrogens (tertiary/aromatic N) is 3. The standard InChI is InChI=1S/C13H18N4S/c1-9-8-18-13(16-9)7-17-10(2)11(6-15-17)5-14-12-3-4-12/h6,8,12,14H,3-5,7H2,1-2H3. The number of hydrogen-bond donors (Lipinski definition) is 1. The van der Waals surface area contributed by atoms with Crippen LogP contribution in [0, 0.1) is 13.8 Å². The molecule has 0 unspecified atom stereocenters. The second kappa shape index (κ2) is 4.82. The van der Waals surface area contributed by atoms with Crippen LogP contribution in [0.25, 0.3) is 0 Å². The number of thiazole rings is 1. The van der Waals surface area contributed by atoms with Gasteiger partial charge in [0.05, 0.1) is 12.7 Å². The highest BCUT2D eigenvalue weighted by atomic mass is 32.1. The van der Waals surface area contributed by atoms with Crippen molar-refractivity contribution in [3.63, 3.8) is 0 Å². The first-order valence-corrected chi connectivity index (χ1v) is 7.26. The molecule has 1 aliphatic carbocycles. The summed E-state index contributed by atoms with van der Waals surface area (Å²) in [6.07, 6.45) is 4.63. The minimum atomic E-state index is 0.745. The Bertz CT molecular complexity index is 539. The Balaban J connectivity index is 1.68. The molecule has 0 atom stereocenters. The van der Waals surface area contributed by atoms with E-state index in [0.717, 1.165) is 29.8 Å². The Hall–Kier alpha value is -1.20. The highest BCUT2D eigenvalue weighted by Gasteiger charge is 2.20. The molecule has 3 rings (SSSR count). The lowest BCUT2D eigenvalue weighted by atomic mass is 10.2. The topological polar surface area (TPSA) is 42.7 Å². The zero-order valence-corrected chi connectivity index (χ0v) is 11.6. The lowest BCUT2D eigenvalue weighted by Gasteiger charge is -2.04. The minimum absolute atomic E-state index is 0.745. The third-order valence-electron chi connectivity index (χ3n) is 3.31. The fraction of sp³-hybridized carbons (Fsp3) is 0.538. The average molecular weight is 262 g/mol. The first-order valence-electron chi connectivity index (χ1n) is 6.38. The number of nitrogens with one attached hydrogen (secondary N) is 1. The Morgan fingerprint density at radius 2 is 2.28 bits per heavy atom. The Labute approximate surface area is 111 Å². The molecule has 0 spiro atoms. The molecule has 0 radical (unpaired) electrons. The smallest absolute Gasteiger partial charge is 0.114 e. The van der Waals surface area contributed by atoms with Crippen molar-refractivity contribution in [3.05, 3.63) is 33.5 Å². The van der Waals surface area contributed by atoms with Crippen molar-refractivity contribution in [3.8, 4) is 0 Å². The van der Waals surface area contributed by atoms with Crippen LogP contribution in [-0.2, 0) is 13.1 Å². The Kier molecular flexibility index (Phi) is 3.18. The van der Waals surface area contributed by atoms with Crippen molar-refractivity contribution in [2.24, 2.45) is 0 Å². The summed E-state index contributed by atoms with van der Waals surface area (Å²) in [4.78, 5) is 4.48. The fourth-order valence-corrected chi connectivity index (χ4v) is 2.72. The summed E-state index contributed by atoms with van der Waals surface area (Å²) >= 11 is 1.70. The maximum Gasteiger partial charge on any atom is 0.114 e. The molecule has 0 bridgehead atoms. The Morgan fingerprint density at radius 3 is 2.94 bits per heavy atom. The second-order valence-corrected chi connectivity index (χ2v) is 5.89. The molecule has 0 aliphatic heterocycles. The van der Waals surface area contributed by atoms with Crippen molar-refractivity contribution >= 4 is 11.3 Å². The van der Waals surface area contributed by atoms with Gasteiger partial charge in [-0.05, 0) is 26.7 Å². The van der Waals surface area contributed by atoms with Gasteiger partial charge < -0.3 is 5.32 Å². The normalized spacial score (nSPS) is 15.2. The molecule has 1 fully saturated rings. The summed E-state index contributed by atoms with van der Waals surface area (Å²) in [6.45, 7) is 5.89. The van der Waals surface area contributed by atoms with Crippen molar-refractivity contribution in [1.29, 1.82) is 0 Å². The predicted molar refractivity (Wildman–Crippen MR) is 72.8 cm³/mol. The summed E-state index contributed by atoms with van der Waals surface area (Å²) in [5.74, 6) is 0. The van der Waals surface area contributed by atoms with Crippen molar-refractivity contribution in [2.75, 3.05) is 0 Å². The van der Waals surface area contributed by atoms with Gasteiger partial charge in [-0.15, -0.1) is 11.3 Å². The van der Waals surface area contributed by atoms with E-state index in [9.17, 15) is 0 Å². The number of aryl methyl sites for hydroxylation is 1. The van der Waals surface area contributed by atoms with Crippen LogP contribution in [0.2, 0.25) is 0 Å². The van der Waals surface area contributed by atoms with E-state index in [2.05, 4.69) is 27.7 Å². The zero-order valence-electron chi connectivity index (χ0n) is 10.8. The maximum atomic E-state index is 4.48. The van der Waals surface area contributed by atoms with Gasteiger partial charge in [-0.1, -0.05) is 0 Å². The number of aromatic nitrogens is 3. The quantitative estimate of drug-likeness (QED) is 0.898. The van der Waals surface area contributed by atoms with Crippen LogP contribution in [0.15, 0.2) is 11.6 Å². The molecule has 0 amide bonds. The molecule has 18 heavy (non-hydrogen) atoms. The molecule has 0 saturated heterocycles. The van der Waals surface area contributed by atoms with Gasteiger partial charge in [-0.25, -0.2) is 4.98 Å². The first-order chi connectivity index (χ1) is 8.72. The lowest BCUT2D eigenvalue weighted by molar-refractivity contribution is 0.651. The highest BCUT2D eigenvalue weighted by Crippen LogP contribution is 2.20. The third-order valence-corrected chi connectivity index (χ3v) is 4.27. The van der Waals surface area contributed by atoms with Crippen LogP contribution < -0.4 is 5.32 Å². The van der Waals surface area contributed by atoms with E-state index in [-0.39, 0.29) is 0 Å². The van der Waals surface area contributed by atoms with Crippen LogP contribution in [0.1, 0.15) is 34.8 Å². The highest BCUT2D eigenvalue weighted by molar-refractivity contribution is 7.09. The molecule has 4 nitrogen and oxygen atoms in total. The van der Waals surface area contributed by atoms with Crippen molar-refractivity contribution < 1.29 is 0 Å². The molecule has 2 heterocycles. The SMILES string of the molecule is Cc1csc(Cn2ncc(CNC3CC3)c2C)n1. The molecule has 5 heteroatoms. The van der Waals surface area contributed by atoms with Crippen LogP contribution in [0.3, 0.4) is 0 Å². The van der Waals surface area contributed by atoms with E-state index in [1.165, 1.54) is 24.1 Å². The maximum absolute atomic E-state index is 4.48. The van der Waals surface area contributed by atoms with Crippen molar-refractivity contribution in [1.82, 2.24) is 20.1 Å². The summed E-state index contributed by atoms with van der Waals surface area (Å²) < 4.78 is 2.04. The van der Waals surface area contributed by atoms with Gasteiger partial charge in [0.25, 0.3) is 0 Å². The molecular weight excluding hydrogens is 244 g/mol. The van der Waals surface area contributed by atoms with Gasteiger partial charge in [0.15, 0.2) is 0 Å². The fourth-order valence-electron chi connectivity index (χ4n) is 1.96. The summed E-state index contributed by atoms with van der Waals surface area (Å²) in [6, 6.07) is 0.745. The zero-order chi connectivity index (χ0) is 12.5. The van der Waals surface area contributed by atoms with Gasteiger partial charge >= 0.3 is 0 Å². The Morgan fingerprint density at radius 1 is 1.44 bits per heavy atom. The van der Waals surface area contributed by atoms with Gasteiger partial charge in [-0.3, -0.25) is 4.68 Å². The van der Waals surface area contributed by atoms with Crippen LogP contribution in [-0.4, -0.2) is 20.8 Å². The molecule has 96 valence electrons. The molecule has 1 N–H and O–H groups in total. The van der Waals surface area contributed by atoms with Crippen LogP contribution in [0.4, 0.5) is 0 Å². The van der Waals surface area contributed by atoms with Gasteiger partial charge in [0.1, 0.15) is 5.01 Å². The number of hydrogen-bond acceptors (Lipinski definition) is 4. The predicted octanol–water partition coefficient (Wildman–Crippen LogP) is 2.26. The summed E-state index contributed by atoms with van der Waals surface area (Å²) in [5, 5.41) is 11.2. The molecule has 1 aliphatic rings.